The molecule has 2 aliphatic rings. The molecule has 0 bridgehead atoms. The van der Waals surface area contributed by atoms with Crippen molar-refractivity contribution in [2.45, 2.75) is 32.1 Å². The van der Waals surface area contributed by atoms with Crippen LogP contribution in [0.5, 0.6) is 0 Å². The van der Waals surface area contributed by atoms with Crippen molar-refractivity contribution in [3.05, 3.63) is 51.5 Å². The van der Waals surface area contributed by atoms with E-state index >= 15 is 0 Å². The summed E-state index contributed by atoms with van der Waals surface area (Å²) in [5.74, 6) is -0.132. The zero-order valence-electron chi connectivity index (χ0n) is 17.5. The number of fused-ring (bicyclic) bond motifs is 1. The van der Waals surface area contributed by atoms with Gasteiger partial charge in [-0.1, -0.05) is 28.1 Å². The van der Waals surface area contributed by atoms with Crippen molar-refractivity contribution in [3.63, 3.8) is 0 Å². The van der Waals surface area contributed by atoms with Gasteiger partial charge >= 0.3 is 0 Å². The van der Waals surface area contributed by atoms with Gasteiger partial charge in [0.15, 0.2) is 0 Å². The van der Waals surface area contributed by atoms with E-state index in [1.807, 2.05) is 12.1 Å². The smallest absolute Gasteiger partial charge is 0.245 e. The lowest BCUT2D eigenvalue weighted by Gasteiger charge is -2.36. The zero-order chi connectivity index (χ0) is 21.6. The van der Waals surface area contributed by atoms with Gasteiger partial charge in [-0.2, -0.15) is 4.31 Å². The summed E-state index contributed by atoms with van der Waals surface area (Å²) in [5, 5.41) is 0. The minimum Gasteiger partial charge on any atom is -0.369 e. The van der Waals surface area contributed by atoms with Gasteiger partial charge in [0.2, 0.25) is 15.9 Å². The Bertz CT molecular complexity index is 1110. The summed E-state index contributed by atoms with van der Waals surface area (Å²) in [4.78, 5) is 16.2. The van der Waals surface area contributed by atoms with Crippen molar-refractivity contribution in [1.29, 1.82) is 0 Å². The third kappa shape index (κ3) is 3.65. The van der Waals surface area contributed by atoms with Crippen molar-refractivity contribution >= 4 is 43.2 Å². The largest absolute Gasteiger partial charge is 0.369 e. The fraction of sp³-hybridized carbons (Fsp3) is 0.409. The van der Waals surface area contributed by atoms with Crippen LogP contribution in [0.1, 0.15) is 23.6 Å². The molecule has 1 fully saturated rings. The first kappa shape index (κ1) is 21.3. The van der Waals surface area contributed by atoms with E-state index in [1.54, 1.807) is 15.3 Å². The zero-order valence-corrected chi connectivity index (χ0v) is 19.9. The van der Waals surface area contributed by atoms with Gasteiger partial charge in [-0.25, -0.2) is 8.42 Å². The molecule has 0 aliphatic carbocycles. The Labute approximate surface area is 186 Å². The normalized spacial score (nSPS) is 17.3. The average Bonchev–Trinajstić information content (AvgIpc) is 3.13. The van der Waals surface area contributed by atoms with Gasteiger partial charge in [0.1, 0.15) is 4.90 Å². The van der Waals surface area contributed by atoms with Gasteiger partial charge in [0, 0.05) is 49.8 Å². The summed E-state index contributed by atoms with van der Waals surface area (Å²) in [6.07, 6.45) is 0.664. The highest BCUT2D eigenvalue weighted by molar-refractivity contribution is 9.10. The van der Waals surface area contributed by atoms with Crippen LogP contribution in [-0.4, -0.2) is 51.4 Å². The summed E-state index contributed by atoms with van der Waals surface area (Å²) in [6, 6.07) is 9.77. The Morgan fingerprint density at radius 3 is 2.40 bits per heavy atom. The molecule has 0 unspecified atom stereocenters. The van der Waals surface area contributed by atoms with Gasteiger partial charge in [0.05, 0.1) is 5.69 Å². The number of nitrogens with zero attached hydrogens (tertiary/aromatic N) is 3. The van der Waals surface area contributed by atoms with Crippen LogP contribution >= 0.6 is 15.9 Å². The van der Waals surface area contributed by atoms with Crippen molar-refractivity contribution in [1.82, 2.24) is 4.31 Å². The topological polar surface area (TPSA) is 60.9 Å². The fourth-order valence-electron chi connectivity index (χ4n) is 4.37. The Kier molecular flexibility index (Phi) is 5.67. The van der Waals surface area contributed by atoms with Crippen molar-refractivity contribution < 1.29 is 13.2 Å². The summed E-state index contributed by atoms with van der Waals surface area (Å²) < 4.78 is 29.4. The Balaban J connectivity index is 1.62. The molecule has 160 valence electrons. The molecule has 0 spiro atoms. The number of carbonyl (C=O) groups excluding carboxylic acids is 1. The summed E-state index contributed by atoms with van der Waals surface area (Å²) in [6.45, 7) is 8.30. The second-order valence-electron chi connectivity index (χ2n) is 7.94. The van der Waals surface area contributed by atoms with Crippen molar-refractivity contribution in [3.8, 4) is 0 Å². The number of anilines is 2. The molecule has 30 heavy (non-hydrogen) atoms. The molecule has 2 aromatic carbocycles. The van der Waals surface area contributed by atoms with Crippen LogP contribution in [0.2, 0.25) is 0 Å². The second kappa shape index (κ2) is 7.98. The number of carbonyl (C=O) groups is 1. The Hall–Kier alpha value is -1.90. The van der Waals surface area contributed by atoms with Crippen LogP contribution in [0.15, 0.2) is 39.7 Å². The van der Waals surface area contributed by atoms with Gasteiger partial charge in [-0.15, -0.1) is 0 Å². The third-order valence-corrected chi connectivity index (χ3v) is 8.52. The highest BCUT2D eigenvalue weighted by Crippen LogP contribution is 2.39. The monoisotopic (exact) mass is 491 g/mol. The standard InChI is InChI=1S/C22H26BrN3O3S/c1-15-5-4-6-20(16(15)2)24-9-11-25(12-10-24)30(28,29)21-14-19(23)13-18-7-8-26(17(3)27)22(18)21/h4-6,13-14H,7-12H2,1-3H3. The van der Waals surface area contributed by atoms with Crippen LogP contribution < -0.4 is 9.80 Å². The molecule has 0 atom stereocenters. The molecule has 2 heterocycles. The lowest BCUT2D eigenvalue weighted by molar-refractivity contribution is -0.116. The average molecular weight is 492 g/mol. The number of amides is 1. The molecule has 2 aromatic rings. The molecular weight excluding hydrogens is 466 g/mol. The molecule has 0 radical (unpaired) electrons. The van der Waals surface area contributed by atoms with Crippen molar-refractivity contribution in [2.75, 3.05) is 42.5 Å². The molecule has 0 N–H and O–H groups in total. The number of hydrogen-bond donors (Lipinski definition) is 0. The number of aryl methyl sites for hydroxylation is 1. The first-order valence-corrected chi connectivity index (χ1v) is 12.4. The Morgan fingerprint density at radius 2 is 1.73 bits per heavy atom. The molecule has 4 rings (SSSR count). The summed E-state index contributed by atoms with van der Waals surface area (Å²) >= 11 is 3.45. The number of piperazine rings is 1. The van der Waals surface area contributed by atoms with E-state index in [2.05, 4.69) is 46.8 Å². The van der Waals surface area contributed by atoms with Gasteiger partial charge in [-0.3, -0.25) is 4.79 Å². The quantitative estimate of drug-likeness (QED) is 0.659. The van der Waals surface area contributed by atoms with Crippen LogP contribution in [0, 0.1) is 13.8 Å². The van der Waals surface area contributed by atoms with Crippen LogP contribution in [0.25, 0.3) is 0 Å². The van der Waals surface area contributed by atoms with Crippen LogP contribution in [0.4, 0.5) is 11.4 Å². The number of halogens is 1. The molecular formula is C22H26BrN3O3S. The first-order valence-electron chi connectivity index (χ1n) is 10.1. The van der Waals surface area contributed by atoms with Gasteiger partial charge in [-0.05, 0) is 55.2 Å². The van der Waals surface area contributed by atoms with Crippen LogP contribution in [0.3, 0.4) is 0 Å². The number of benzene rings is 2. The molecule has 8 heteroatoms. The molecule has 0 aromatic heterocycles. The van der Waals surface area contributed by atoms with Crippen LogP contribution in [-0.2, 0) is 21.2 Å². The van der Waals surface area contributed by atoms with E-state index < -0.39 is 10.0 Å². The molecule has 0 saturated carbocycles. The molecule has 1 amide bonds. The maximum Gasteiger partial charge on any atom is 0.245 e. The lowest BCUT2D eigenvalue weighted by Crippen LogP contribution is -2.49. The number of rotatable bonds is 3. The summed E-state index contributed by atoms with van der Waals surface area (Å²) in [5.41, 5.74) is 5.07. The lowest BCUT2D eigenvalue weighted by atomic mass is 10.1. The second-order valence-corrected chi connectivity index (χ2v) is 10.8. The van der Waals surface area contributed by atoms with E-state index in [4.69, 9.17) is 0 Å². The third-order valence-electron chi connectivity index (χ3n) is 6.15. The maximum atomic E-state index is 13.6. The first-order chi connectivity index (χ1) is 14.2. The van der Waals surface area contributed by atoms with E-state index in [-0.39, 0.29) is 10.8 Å². The van der Waals surface area contributed by atoms with E-state index in [0.29, 0.717) is 44.8 Å². The molecule has 2 aliphatic heterocycles. The molecule has 1 saturated heterocycles. The minimum atomic E-state index is -3.72. The highest BCUT2D eigenvalue weighted by Gasteiger charge is 2.36. The van der Waals surface area contributed by atoms with E-state index in [0.717, 1.165) is 15.7 Å². The van der Waals surface area contributed by atoms with Gasteiger partial charge < -0.3 is 9.80 Å². The van der Waals surface area contributed by atoms with Gasteiger partial charge in [0.25, 0.3) is 0 Å². The van der Waals surface area contributed by atoms with E-state index in [9.17, 15) is 13.2 Å². The Morgan fingerprint density at radius 1 is 1.03 bits per heavy atom. The van der Waals surface area contributed by atoms with Crippen molar-refractivity contribution in [2.24, 2.45) is 0 Å². The number of sulfonamides is 1. The number of hydrogen-bond acceptors (Lipinski definition) is 4. The SMILES string of the molecule is CC(=O)N1CCc2cc(Br)cc(S(=O)(=O)N3CCN(c4cccc(C)c4C)CC3)c21. The molecule has 6 nitrogen and oxygen atoms in total. The predicted octanol–water partition coefficient (Wildman–Crippen LogP) is 3.49. The summed E-state index contributed by atoms with van der Waals surface area (Å²) in [7, 11) is -3.72. The maximum absolute atomic E-state index is 13.6. The minimum absolute atomic E-state index is 0.132. The highest BCUT2D eigenvalue weighted by atomic mass is 79.9. The van der Waals surface area contributed by atoms with E-state index in [1.165, 1.54) is 18.1 Å². The fourth-order valence-corrected chi connectivity index (χ4v) is 6.71. The predicted molar refractivity (Wildman–Crippen MR) is 123 cm³/mol.